The Bertz CT molecular complexity index is 3050. The summed E-state index contributed by atoms with van der Waals surface area (Å²) in [4.78, 5) is 9.60. The summed E-state index contributed by atoms with van der Waals surface area (Å²) >= 11 is 0. The van der Waals surface area contributed by atoms with E-state index in [4.69, 9.17) is 9.72 Å². The molecule has 6 heteroatoms. The van der Waals surface area contributed by atoms with E-state index < -0.39 is 0 Å². The Morgan fingerprint density at radius 1 is 0.537 bits per heavy atom. The second-order valence-electron chi connectivity index (χ2n) is 13.9. The number of benzene rings is 6. The van der Waals surface area contributed by atoms with Gasteiger partial charge in [-0.15, -0.1) is 29.7 Å². The van der Waals surface area contributed by atoms with Gasteiger partial charge in [-0.05, 0) is 95.6 Å². The molecular formula is C48H34N4OPt. The number of ether oxygens (including phenoxy) is 1. The maximum absolute atomic E-state index is 6.56. The Morgan fingerprint density at radius 2 is 1.20 bits per heavy atom. The Hall–Kier alpha value is -6.03. The van der Waals surface area contributed by atoms with Crippen LogP contribution in [-0.2, 0) is 21.1 Å². The van der Waals surface area contributed by atoms with Gasteiger partial charge in [-0.3, -0.25) is 4.98 Å². The van der Waals surface area contributed by atoms with Gasteiger partial charge in [-0.25, -0.2) is 4.98 Å². The van der Waals surface area contributed by atoms with Gasteiger partial charge in [0.25, 0.3) is 0 Å². The van der Waals surface area contributed by atoms with E-state index >= 15 is 0 Å². The van der Waals surface area contributed by atoms with E-state index in [0.717, 1.165) is 54.9 Å². The third-order valence-corrected chi connectivity index (χ3v) is 10.6. The van der Waals surface area contributed by atoms with Gasteiger partial charge in [0.15, 0.2) is 0 Å². The van der Waals surface area contributed by atoms with Gasteiger partial charge in [0.2, 0.25) is 0 Å². The van der Waals surface area contributed by atoms with E-state index in [1.165, 1.54) is 44.5 Å². The van der Waals surface area contributed by atoms with Crippen molar-refractivity contribution < 1.29 is 25.8 Å². The van der Waals surface area contributed by atoms with E-state index in [1.807, 2.05) is 42.7 Å². The molecule has 6 aromatic carbocycles. The van der Waals surface area contributed by atoms with Crippen LogP contribution in [-0.4, -0.2) is 18.9 Å². The molecule has 0 amide bonds. The third-order valence-electron chi connectivity index (χ3n) is 10.6. The third kappa shape index (κ3) is 5.18. The number of para-hydroxylation sites is 1. The minimum Gasteiger partial charge on any atom is -0.503 e. The summed E-state index contributed by atoms with van der Waals surface area (Å²) in [6.07, 6.45) is 5.77. The first kappa shape index (κ1) is 33.8. The van der Waals surface area contributed by atoms with E-state index in [2.05, 4.69) is 145 Å². The molecule has 0 unspecified atom stereocenters. The summed E-state index contributed by atoms with van der Waals surface area (Å²) in [6.45, 7) is 8.84. The number of rotatable bonds is 5. The number of pyridine rings is 2. The molecule has 0 spiro atoms. The predicted molar refractivity (Wildman–Crippen MR) is 216 cm³/mol. The number of aryl methyl sites for hydroxylation is 4. The molecule has 10 aromatic rings. The van der Waals surface area contributed by atoms with Crippen LogP contribution in [0.2, 0.25) is 0 Å². The zero-order valence-corrected chi connectivity index (χ0v) is 32.5. The van der Waals surface area contributed by atoms with Crippen LogP contribution >= 0.6 is 0 Å². The molecule has 0 saturated heterocycles. The summed E-state index contributed by atoms with van der Waals surface area (Å²) in [5.74, 6) is 2.03. The molecule has 5 nitrogen and oxygen atoms in total. The molecule has 0 aliphatic heterocycles. The summed E-state index contributed by atoms with van der Waals surface area (Å²) < 4.78 is 10.9. The van der Waals surface area contributed by atoms with Gasteiger partial charge in [0, 0.05) is 46.7 Å². The van der Waals surface area contributed by atoms with Crippen LogP contribution in [0.3, 0.4) is 0 Å². The average Bonchev–Trinajstić information content (AvgIpc) is 3.79. The Kier molecular flexibility index (Phi) is 8.21. The van der Waals surface area contributed by atoms with Crippen LogP contribution in [0.1, 0.15) is 22.3 Å². The van der Waals surface area contributed by atoms with Crippen LogP contribution in [0.5, 0.6) is 11.5 Å². The maximum atomic E-state index is 6.56. The average molecular weight is 878 g/mol. The SMILES string of the molecule is Cc1cccc(C)c1-c1ccc2c3ccc(Oc4[c-]c5c(cc4)c4ccccc4n5-c4ccccn4)[c-]c3c3nccn3c2c1-c1c(C)cccc1C.[Pt+2]. The van der Waals surface area contributed by atoms with Crippen molar-refractivity contribution in [2.45, 2.75) is 27.7 Å². The van der Waals surface area contributed by atoms with E-state index in [9.17, 15) is 0 Å². The zero-order chi connectivity index (χ0) is 35.8. The quantitative estimate of drug-likeness (QED) is 0.128. The normalized spacial score (nSPS) is 11.6. The van der Waals surface area contributed by atoms with Crippen LogP contribution < -0.4 is 4.74 Å². The molecule has 54 heavy (non-hydrogen) atoms. The fourth-order valence-corrected chi connectivity index (χ4v) is 8.35. The van der Waals surface area contributed by atoms with Gasteiger partial charge >= 0.3 is 21.1 Å². The molecule has 0 bridgehead atoms. The molecular weight excluding hydrogens is 844 g/mol. The number of aromatic nitrogens is 4. The molecule has 0 aliphatic carbocycles. The van der Waals surface area contributed by atoms with Crippen molar-refractivity contribution in [2.75, 3.05) is 0 Å². The number of nitrogens with zero attached hydrogens (tertiary/aromatic N) is 4. The maximum Gasteiger partial charge on any atom is 2.00 e. The minimum absolute atomic E-state index is 0. The van der Waals surface area contributed by atoms with Crippen molar-refractivity contribution in [1.29, 1.82) is 0 Å². The monoisotopic (exact) mass is 877 g/mol. The molecule has 10 rings (SSSR count). The van der Waals surface area contributed by atoms with E-state index in [1.54, 1.807) is 0 Å². The Morgan fingerprint density at radius 3 is 1.94 bits per heavy atom. The van der Waals surface area contributed by atoms with E-state index in [0.29, 0.717) is 11.5 Å². The van der Waals surface area contributed by atoms with Gasteiger partial charge in [-0.2, -0.15) is 6.07 Å². The molecule has 0 atom stereocenters. The molecule has 0 aliphatic rings. The fraction of sp³-hybridized carbons (Fsp3) is 0.0833. The van der Waals surface area contributed by atoms with E-state index in [-0.39, 0.29) is 21.1 Å². The number of hydrogen-bond donors (Lipinski definition) is 0. The van der Waals surface area contributed by atoms with Crippen molar-refractivity contribution in [3.63, 3.8) is 0 Å². The second kappa shape index (κ2) is 13.1. The molecule has 4 aromatic heterocycles. The summed E-state index contributed by atoms with van der Waals surface area (Å²) in [6, 6.07) is 47.4. The first-order chi connectivity index (χ1) is 26.0. The minimum atomic E-state index is 0. The van der Waals surface area contributed by atoms with Gasteiger partial charge in [-0.1, -0.05) is 95.2 Å². The van der Waals surface area contributed by atoms with Crippen molar-refractivity contribution in [1.82, 2.24) is 18.9 Å². The van der Waals surface area contributed by atoms with Crippen LogP contribution in [0.25, 0.3) is 77.2 Å². The largest absolute Gasteiger partial charge is 2.00 e. The zero-order valence-electron chi connectivity index (χ0n) is 30.2. The van der Waals surface area contributed by atoms with Crippen molar-refractivity contribution >= 4 is 49.1 Å². The first-order valence-corrected chi connectivity index (χ1v) is 17.9. The summed E-state index contributed by atoms with van der Waals surface area (Å²) in [7, 11) is 0. The molecule has 262 valence electrons. The summed E-state index contributed by atoms with van der Waals surface area (Å²) in [5.41, 5.74) is 13.9. The smallest absolute Gasteiger partial charge is 0.503 e. The van der Waals surface area contributed by atoms with Crippen LogP contribution in [0.4, 0.5) is 0 Å². The predicted octanol–water partition coefficient (Wildman–Crippen LogP) is 12.1. The molecule has 0 saturated carbocycles. The second-order valence-corrected chi connectivity index (χ2v) is 13.9. The van der Waals surface area contributed by atoms with Crippen molar-refractivity contribution in [2.24, 2.45) is 0 Å². The van der Waals surface area contributed by atoms with Gasteiger partial charge in [0.05, 0.1) is 5.65 Å². The Balaban J connectivity index is 0.00000384. The Labute approximate surface area is 327 Å². The summed E-state index contributed by atoms with van der Waals surface area (Å²) in [5, 5.41) is 5.33. The fourth-order valence-electron chi connectivity index (χ4n) is 8.35. The van der Waals surface area contributed by atoms with Gasteiger partial charge < -0.3 is 13.7 Å². The number of hydrogen-bond acceptors (Lipinski definition) is 3. The van der Waals surface area contributed by atoms with Crippen LogP contribution in [0.15, 0.2) is 134 Å². The number of imidazole rings is 1. The molecule has 0 radical (unpaired) electrons. The molecule has 0 fully saturated rings. The van der Waals surface area contributed by atoms with Crippen LogP contribution in [0, 0.1) is 39.8 Å². The van der Waals surface area contributed by atoms with Gasteiger partial charge in [0.1, 0.15) is 5.82 Å². The first-order valence-electron chi connectivity index (χ1n) is 17.9. The van der Waals surface area contributed by atoms with Crippen molar-refractivity contribution in [3.8, 4) is 39.6 Å². The molecule has 0 N–H and O–H groups in total. The number of fused-ring (bicyclic) bond motifs is 9. The molecule has 4 heterocycles. The topological polar surface area (TPSA) is 44.3 Å². The standard InChI is InChI=1S/C48H34N4O.Pt/c1-29-11-9-12-30(2)44(29)39-23-22-38-35-20-18-33(27-40(35)48-50-25-26-51(48)47(38)46(39)45-31(3)13-10-14-32(45)4)53-34-19-21-37-36-15-5-6-16-41(36)52(42(37)28-34)43-17-7-8-24-49-43;/h5-26H,1-4H3;/q-2;+2. The van der Waals surface area contributed by atoms with Crippen molar-refractivity contribution in [3.05, 3.63) is 168 Å².